The maximum Gasteiger partial charge on any atom is 0.387 e. The number of methoxy groups -OCH3 is 1. The lowest BCUT2D eigenvalue weighted by Gasteiger charge is -2.10. The number of alkyl halides is 2. The van der Waals surface area contributed by atoms with Crippen molar-refractivity contribution in [3.8, 4) is 5.75 Å². The van der Waals surface area contributed by atoms with Gasteiger partial charge < -0.3 is 9.47 Å². The van der Waals surface area contributed by atoms with Gasteiger partial charge in [0, 0.05) is 4.47 Å². The Bertz CT molecular complexity index is 424. The lowest BCUT2D eigenvalue weighted by atomic mass is 10.1. The molecule has 17 heavy (non-hydrogen) atoms. The number of carbonyl (C=O) groups excluding carboxylic acids is 1. The number of benzene rings is 1. The second-order valence-corrected chi connectivity index (χ2v) is 4.71. The van der Waals surface area contributed by atoms with E-state index < -0.39 is 12.6 Å². The zero-order valence-electron chi connectivity index (χ0n) is 8.68. The molecule has 0 fully saturated rings. The molecule has 0 heterocycles. The highest BCUT2D eigenvalue weighted by Crippen LogP contribution is 2.33. The molecule has 0 saturated carbocycles. The topological polar surface area (TPSA) is 35.5 Å². The van der Waals surface area contributed by atoms with E-state index in [1.54, 1.807) is 0 Å². The molecule has 94 valence electrons. The minimum absolute atomic E-state index is 0.000454. The van der Waals surface area contributed by atoms with E-state index in [0.717, 1.165) is 0 Å². The van der Waals surface area contributed by atoms with Gasteiger partial charge in [-0.2, -0.15) is 8.78 Å². The third kappa shape index (κ3) is 4.23. The van der Waals surface area contributed by atoms with Crippen LogP contribution >= 0.6 is 31.9 Å². The monoisotopic (exact) mass is 372 g/mol. The first-order chi connectivity index (χ1) is 7.93. The largest absolute Gasteiger partial charge is 0.469 e. The minimum Gasteiger partial charge on any atom is -0.469 e. The van der Waals surface area contributed by atoms with Gasteiger partial charge in [-0.05, 0) is 33.6 Å². The fourth-order valence-electron chi connectivity index (χ4n) is 1.12. The van der Waals surface area contributed by atoms with Crippen molar-refractivity contribution in [3.63, 3.8) is 0 Å². The molecular formula is C10H8Br2F2O3. The summed E-state index contributed by atoms with van der Waals surface area (Å²) in [6.07, 6.45) is 0.0463. The zero-order valence-corrected chi connectivity index (χ0v) is 11.8. The van der Waals surface area contributed by atoms with Crippen LogP contribution in [0.5, 0.6) is 5.75 Å². The standard InChI is InChI=1S/C10H8Br2F2O3/c1-16-9(15)3-5-2-7(12)8(4-6(5)11)17-10(13)14/h2,4,10H,3H2,1H3. The highest BCUT2D eigenvalue weighted by atomic mass is 79.9. The molecule has 3 nitrogen and oxygen atoms in total. The summed E-state index contributed by atoms with van der Waals surface area (Å²) in [7, 11) is 1.28. The van der Waals surface area contributed by atoms with E-state index in [4.69, 9.17) is 0 Å². The van der Waals surface area contributed by atoms with Crippen molar-refractivity contribution in [2.45, 2.75) is 13.0 Å². The quantitative estimate of drug-likeness (QED) is 0.757. The van der Waals surface area contributed by atoms with Crippen molar-refractivity contribution >= 4 is 37.8 Å². The van der Waals surface area contributed by atoms with Gasteiger partial charge in [0.25, 0.3) is 0 Å². The highest BCUT2D eigenvalue weighted by molar-refractivity contribution is 9.11. The summed E-state index contributed by atoms with van der Waals surface area (Å²) in [5, 5.41) is 0. The van der Waals surface area contributed by atoms with E-state index in [9.17, 15) is 13.6 Å². The van der Waals surface area contributed by atoms with Crippen LogP contribution < -0.4 is 4.74 Å². The van der Waals surface area contributed by atoms with Gasteiger partial charge >= 0.3 is 12.6 Å². The maximum atomic E-state index is 12.1. The number of esters is 1. The third-order valence-corrected chi connectivity index (χ3v) is 3.24. The Hall–Kier alpha value is -0.690. The van der Waals surface area contributed by atoms with E-state index >= 15 is 0 Å². The molecule has 0 N–H and O–H groups in total. The zero-order chi connectivity index (χ0) is 13.0. The number of ether oxygens (including phenoxy) is 2. The molecule has 0 aliphatic rings. The summed E-state index contributed by atoms with van der Waals surface area (Å²) in [6, 6.07) is 2.90. The van der Waals surface area contributed by atoms with Gasteiger partial charge in [-0.15, -0.1) is 0 Å². The van der Waals surface area contributed by atoms with Crippen molar-refractivity contribution in [2.24, 2.45) is 0 Å². The van der Waals surface area contributed by atoms with Crippen molar-refractivity contribution in [1.82, 2.24) is 0 Å². The van der Waals surface area contributed by atoms with Crippen molar-refractivity contribution in [1.29, 1.82) is 0 Å². The third-order valence-electron chi connectivity index (χ3n) is 1.88. The number of halogens is 4. The molecule has 1 rings (SSSR count). The lowest BCUT2D eigenvalue weighted by Crippen LogP contribution is -2.06. The van der Waals surface area contributed by atoms with Crippen molar-refractivity contribution < 1.29 is 23.0 Å². The fourth-order valence-corrected chi connectivity index (χ4v) is 2.07. The molecule has 0 saturated heterocycles. The molecule has 0 unspecified atom stereocenters. The first kappa shape index (κ1) is 14.4. The molecule has 0 aliphatic heterocycles. The van der Waals surface area contributed by atoms with Gasteiger partial charge in [0.2, 0.25) is 0 Å². The normalized spacial score (nSPS) is 10.5. The Morgan fingerprint density at radius 1 is 1.35 bits per heavy atom. The molecule has 0 amide bonds. The van der Waals surface area contributed by atoms with Crippen LogP contribution in [0.1, 0.15) is 5.56 Å². The van der Waals surface area contributed by atoms with Crippen LogP contribution in [0.25, 0.3) is 0 Å². The number of rotatable bonds is 4. The molecule has 0 spiro atoms. The van der Waals surface area contributed by atoms with E-state index in [1.165, 1.54) is 19.2 Å². The number of hydrogen-bond acceptors (Lipinski definition) is 3. The smallest absolute Gasteiger partial charge is 0.387 e. The van der Waals surface area contributed by atoms with Crippen LogP contribution in [-0.2, 0) is 16.0 Å². The van der Waals surface area contributed by atoms with Gasteiger partial charge in [-0.3, -0.25) is 4.79 Å². The average molecular weight is 374 g/mol. The second-order valence-electron chi connectivity index (χ2n) is 3.01. The lowest BCUT2D eigenvalue weighted by molar-refractivity contribution is -0.139. The van der Waals surface area contributed by atoms with Gasteiger partial charge in [0.1, 0.15) is 5.75 Å². The highest BCUT2D eigenvalue weighted by Gasteiger charge is 2.14. The van der Waals surface area contributed by atoms with Crippen LogP contribution in [0, 0.1) is 0 Å². The molecule has 0 atom stereocenters. The molecule has 0 aliphatic carbocycles. The SMILES string of the molecule is COC(=O)Cc1cc(Br)c(OC(F)F)cc1Br. The van der Waals surface area contributed by atoms with Crippen molar-refractivity contribution in [3.05, 3.63) is 26.6 Å². The minimum atomic E-state index is -2.90. The molecule has 0 bridgehead atoms. The van der Waals surface area contributed by atoms with Crippen LogP contribution in [0.4, 0.5) is 8.78 Å². The Labute approximate surface area is 113 Å². The second kappa shape index (κ2) is 6.30. The Kier molecular flexibility index (Phi) is 5.32. The van der Waals surface area contributed by atoms with E-state index in [-0.39, 0.29) is 12.2 Å². The van der Waals surface area contributed by atoms with Crippen LogP contribution in [0.3, 0.4) is 0 Å². The summed E-state index contributed by atoms with van der Waals surface area (Å²) in [5.74, 6) is -0.416. The van der Waals surface area contributed by atoms with Gasteiger partial charge in [-0.1, -0.05) is 15.9 Å². The van der Waals surface area contributed by atoms with Gasteiger partial charge in [-0.25, -0.2) is 0 Å². The van der Waals surface area contributed by atoms with Crippen LogP contribution in [-0.4, -0.2) is 19.7 Å². The maximum absolute atomic E-state index is 12.1. The summed E-state index contributed by atoms with van der Waals surface area (Å²) < 4.78 is 33.8. The first-order valence-electron chi connectivity index (χ1n) is 4.43. The summed E-state index contributed by atoms with van der Waals surface area (Å²) in [5.41, 5.74) is 0.616. The first-order valence-corrected chi connectivity index (χ1v) is 6.02. The van der Waals surface area contributed by atoms with Crippen LogP contribution in [0.15, 0.2) is 21.1 Å². The Morgan fingerprint density at radius 2 is 2.00 bits per heavy atom. The van der Waals surface area contributed by atoms with Gasteiger partial charge in [0.15, 0.2) is 0 Å². The molecule has 0 radical (unpaired) electrons. The predicted molar refractivity (Wildman–Crippen MR) is 64.2 cm³/mol. The summed E-state index contributed by atoms with van der Waals surface area (Å²) in [4.78, 5) is 11.1. The molecule has 1 aromatic carbocycles. The van der Waals surface area contributed by atoms with E-state index in [1.807, 2.05) is 0 Å². The average Bonchev–Trinajstić information content (AvgIpc) is 2.24. The Morgan fingerprint density at radius 3 is 2.53 bits per heavy atom. The molecule has 0 aromatic heterocycles. The summed E-state index contributed by atoms with van der Waals surface area (Å²) >= 11 is 6.27. The molecule has 1 aromatic rings. The van der Waals surface area contributed by atoms with E-state index in [2.05, 4.69) is 41.3 Å². The molecule has 7 heteroatoms. The fraction of sp³-hybridized carbons (Fsp3) is 0.300. The predicted octanol–water partition coefficient (Wildman–Crippen LogP) is 3.53. The summed E-state index contributed by atoms with van der Waals surface area (Å²) in [6.45, 7) is -2.90. The molecular weight excluding hydrogens is 366 g/mol. The van der Waals surface area contributed by atoms with Crippen molar-refractivity contribution in [2.75, 3.05) is 7.11 Å². The van der Waals surface area contributed by atoms with E-state index in [0.29, 0.717) is 14.5 Å². The number of hydrogen-bond donors (Lipinski definition) is 0. The van der Waals surface area contributed by atoms with Gasteiger partial charge in [0.05, 0.1) is 18.0 Å². The van der Waals surface area contributed by atoms with Crippen LogP contribution in [0.2, 0.25) is 0 Å². The Balaban J connectivity index is 2.96. The number of carbonyl (C=O) groups is 1.